The van der Waals surface area contributed by atoms with E-state index in [4.69, 9.17) is 9.47 Å². The highest BCUT2D eigenvalue weighted by molar-refractivity contribution is 5.77. The summed E-state index contributed by atoms with van der Waals surface area (Å²) in [5.41, 5.74) is 3.28. The number of benzene rings is 2. The van der Waals surface area contributed by atoms with E-state index in [2.05, 4.69) is 22.3 Å². The molecule has 1 fully saturated rings. The van der Waals surface area contributed by atoms with Crippen LogP contribution in [0.1, 0.15) is 22.7 Å². The normalized spacial score (nSPS) is 15.9. The molecule has 1 N–H and O–H groups in total. The second kappa shape index (κ2) is 9.53. The van der Waals surface area contributed by atoms with Gasteiger partial charge in [0.2, 0.25) is 0 Å². The van der Waals surface area contributed by atoms with Gasteiger partial charge in [-0.05, 0) is 30.5 Å². The van der Waals surface area contributed by atoms with Crippen molar-refractivity contribution >= 4 is 5.91 Å². The Balaban J connectivity index is 1.58. The Hall–Kier alpha value is -2.37. The molecule has 2 aromatic rings. The molecular formula is C22H28N2O3. The molecule has 1 aliphatic rings. The third-order valence-corrected chi connectivity index (χ3v) is 4.92. The minimum atomic E-state index is -0.105. The molecule has 0 saturated carbocycles. The molecular weight excluding hydrogens is 340 g/mol. The first-order valence-electron chi connectivity index (χ1n) is 9.47. The maximum atomic E-state index is 12.4. The predicted octanol–water partition coefficient (Wildman–Crippen LogP) is 2.87. The Morgan fingerprint density at radius 3 is 2.41 bits per heavy atom. The van der Waals surface area contributed by atoms with E-state index in [-0.39, 0.29) is 18.6 Å². The van der Waals surface area contributed by atoms with Crippen LogP contribution < -0.4 is 10.1 Å². The van der Waals surface area contributed by atoms with Crippen LogP contribution in [0, 0.1) is 13.8 Å². The molecule has 5 heteroatoms. The van der Waals surface area contributed by atoms with Gasteiger partial charge < -0.3 is 14.8 Å². The highest BCUT2D eigenvalue weighted by Crippen LogP contribution is 2.23. The van der Waals surface area contributed by atoms with E-state index < -0.39 is 0 Å². The van der Waals surface area contributed by atoms with Crippen molar-refractivity contribution < 1.29 is 14.3 Å². The number of rotatable bonds is 7. The third kappa shape index (κ3) is 5.31. The summed E-state index contributed by atoms with van der Waals surface area (Å²) in [6.07, 6.45) is 0. The average molecular weight is 368 g/mol. The third-order valence-electron chi connectivity index (χ3n) is 4.92. The van der Waals surface area contributed by atoms with Crippen LogP contribution in [0.15, 0.2) is 48.5 Å². The number of hydrogen-bond acceptors (Lipinski definition) is 4. The van der Waals surface area contributed by atoms with Crippen molar-refractivity contribution in [1.29, 1.82) is 0 Å². The molecule has 1 unspecified atom stereocenters. The summed E-state index contributed by atoms with van der Waals surface area (Å²) < 4.78 is 11.2. The summed E-state index contributed by atoms with van der Waals surface area (Å²) in [5.74, 6) is 0.687. The fourth-order valence-electron chi connectivity index (χ4n) is 3.45. The quantitative estimate of drug-likeness (QED) is 0.817. The van der Waals surface area contributed by atoms with Crippen LogP contribution in [0.3, 0.4) is 0 Å². The molecule has 1 amide bonds. The summed E-state index contributed by atoms with van der Waals surface area (Å²) >= 11 is 0. The Morgan fingerprint density at radius 2 is 1.74 bits per heavy atom. The number of morpholine rings is 1. The van der Waals surface area contributed by atoms with Gasteiger partial charge in [0.25, 0.3) is 5.91 Å². The first-order valence-corrected chi connectivity index (χ1v) is 9.47. The average Bonchev–Trinajstić information content (AvgIpc) is 2.69. The molecule has 27 heavy (non-hydrogen) atoms. The summed E-state index contributed by atoms with van der Waals surface area (Å²) in [4.78, 5) is 14.7. The van der Waals surface area contributed by atoms with Crippen LogP contribution in [-0.2, 0) is 9.53 Å². The first-order chi connectivity index (χ1) is 13.1. The van der Waals surface area contributed by atoms with Gasteiger partial charge in [0, 0.05) is 19.6 Å². The van der Waals surface area contributed by atoms with Gasteiger partial charge in [0.05, 0.1) is 19.3 Å². The maximum absolute atomic E-state index is 12.4. The molecule has 1 aliphatic heterocycles. The highest BCUT2D eigenvalue weighted by Gasteiger charge is 2.23. The number of carbonyl (C=O) groups is 1. The Morgan fingerprint density at radius 1 is 1.07 bits per heavy atom. The van der Waals surface area contributed by atoms with Crippen molar-refractivity contribution in [3.05, 3.63) is 65.2 Å². The van der Waals surface area contributed by atoms with Gasteiger partial charge in [-0.15, -0.1) is 0 Å². The molecule has 0 bridgehead atoms. The molecule has 0 aromatic heterocycles. The van der Waals surface area contributed by atoms with Crippen molar-refractivity contribution in [3.8, 4) is 5.75 Å². The predicted molar refractivity (Wildman–Crippen MR) is 106 cm³/mol. The van der Waals surface area contributed by atoms with Gasteiger partial charge in [-0.25, -0.2) is 0 Å². The van der Waals surface area contributed by atoms with Crippen molar-refractivity contribution in [2.45, 2.75) is 19.9 Å². The smallest absolute Gasteiger partial charge is 0.258 e. The number of ether oxygens (including phenoxy) is 2. The summed E-state index contributed by atoms with van der Waals surface area (Å²) in [7, 11) is 0. The monoisotopic (exact) mass is 368 g/mol. The number of carbonyl (C=O) groups excluding carboxylic acids is 1. The molecule has 144 valence electrons. The number of para-hydroxylation sites is 1. The second-order valence-corrected chi connectivity index (χ2v) is 6.89. The van der Waals surface area contributed by atoms with Gasteiger partial charge in [-0.2, -0.15) is 0 Å². The lowest BCUT2D eigenvalue weighted by atomic mass is 10.0. The molecule has 3 rings (SSSR count). The zero-order valence-corrected chi connectivity index (χ0v) is 16.1. The van der Waals surface area contributed by atoms with Crippen molar-refractivity contribution in [2.24, 2.45) is 0 Å². The van der Waals surface area contributed by atoms with E-state index in [9.17, 15) is 4.79 Å². The summed E-state index contributed by atoms with van der Waals surface area (Å²) in [6.45, 7) is 7.76. The number of aryl methyl sites for hydroxylation is 2. The number of nitrogens with zero attached hydrogens (tertiary/aromatic N) is 1. The van der Waals surface area contributed by atoms with Crippen molar-refractivity contribution in [3.63, 3.8) is 0 Å². The van der Waals surface area contributed by atoms with E-state index in [1.807, 2.05) is 50.2 Å². The van der Waals surface area contributed by atoms with Crippen LogP contribution in [0.25, 0.3) is 0 Å². The lowest BCUT2D eigenvalue weighted by molar-refractivity contribution is -0.123. The lowest BCUT2D eigenvalue weighted by Gasteiger charge is -2.34. The minimum absolute atomic E-state index is 0.0241. The van der Waals surface area contributed by atoms with E-state index >= 15 is 0 Å². The Bertz CT molecular complexity index is 722. The number of hydrogen-bond donors (Lipinski definition) is 1. The van der Waals surface area contributed by atoms with E-state index in [0.29, 0.717) is 6.54 Å². The van der Waals surface area contributed by atoms with Gasteiger partial charge >= 0.3 is 0 Å². The first kappa shape index (κ1) is 19.4. The Kier molecular flexibility index (Phi) is 6.85. The molecule has 0 aliphatic carbocycles. The van der Waals surface area contributed by atoms with Gasteiger partial charge in [0.1, 0.15) is 5.75 Å². The molecule has 2 aromatic carbocycles. The van der Waals surface area contributed by atoms with Gasteiger partial charge in [-0.1, -0.05) is 48.5 Å². The van der Waals surface area contributed by atoms with Crippen LogP contribution in [-0.4, -0.2) is 50.3 Å². The fraction of sp³-hybridized carbons (Fsp3) is 0.409. The van der Waals surface area contributed by atoms with Crippen molar-refractivity contribution in [1.82, 2.24) is 10.2 Å². The minimum Gasteiger partial charge on any atom is -0.483 e. The fourth-order valence-corrected chi connectivity index (χ4v) is 3.45. The SMILES string of the molecule is Cc1cccc(C)c1OCC(=O)NCC(c1ccccc1)N1CCOCC1. The largest absolute Gasteiger partial charge is 0.483 e. The van der Waals surface area contributed by atoms with Gasteiger partial charge in [0.15, 0.2) is 6.61 Å². The molecule has 5 nitrogen and oxygen atoms in total. The van der Waals surface area contributed by atoms with Crippen LogP contribution >= 0.6 is 0 Å². The summed E-state index contributed by atoms with van der Waals surface area (Å²) in [5, 5.41) is 3.04. The zero-order chi connectivity index (χ0) is 19.1. The number of nitrogens with one attached hydrogen (secondary N) is 1. The van der Waals surface area contributed by atoms with Crippen LogP contribution in [0.4, 0.5) is 0 Å². The molecule has 0 spiro atoms. The summed E-state index contributed by atoms with van der Waals surface area (Å²) in [6, 6.07) is 16.4. The van der Waals surface area contributed by atoms with Crippen LogP contribution in [0.5, 0.6) is 5.75 Å². The van der Waals surface area contributed by atoms with E-state index in [0.717, 1.165) is 43.2 Å². The second-order valence-electron chi connectivity index (χ2n) is 6.89. The number of amides is 1. The Labute approximate surface area is 161 Å². The standard InChI is InChI=1S/C22H28N2O3/c1-17-7-6-8-18(2)22(17)27-16-21(25)23-15-20(19-9-4-3-5-10-19)24-11-13-26-14-12-24/h3-10,20H,11-16H2,1-2H3,(H,23,25). The molecule has 1 saturated heterocycles. The maximum Gasteiger partial charge on any atom is 0.258 e. The highest BCUT2D eigenvalue weighted by atomic mass is 16.5. The van der Waals surface area contributed by atoms with E-state index in [1.54, 1.807) is 0 Å². The molecule has 0 radical (unpaired) electrons. The van der Waals surface area contributed by atoms with Crippen molar-refractivity contribution in [2.75, 3.05) is 39.5 Å². The lowest BCUT2D eigenvalue weighted by Crippen LogP contribution is -2.44. The molecule has 1 heterocycles. The van der Waals surface area contributed by atoms with Gasteiger partial charge in [-0.3, -0.25) is 9.69 Å². The topological polar surface area (TPSA) is 50.8 Å². The molecule has 1 atom stereocenters. The van der Waals surface area contributed by atoms with Crippen LogP contribution in [0.2, 0.25) is 0 Å². The van der Waals surface area contributed by atoms with E-state index in [1.165, 1.54) is 5.56 Å². The zero-order valence-electron chi connectivity index (χ0n) is 16.1.